The van der Waals surface area contributed by atoms with E-state index < -0.39 is 49.3 Å². The molecule has 4 rings (SSSR count). The minimum atomic E-state index is -4.73. The van der Waals surface area contributed by atoms with Crippen LogP contribution < -0.4 is 15.0 Å². The van der Waals surface area contributed by atoms with Gasteiger partial charge in [0.2, 0.25) is 0 Å². The molecule has 14 heteroatoms. The van der Waals surface area contributed by atoms with Crippen molar-refractivity contribution in [1.82, 2.24) is 9.72 Å². The molecule has 8 nitrogen and oxygen atoms in total. The highest BCUT2D eigenvalue weighted by atomic mass is 32.2. The topological polar surface area (TPSA) is 103 Å². The number of halogens is 4. The molecule has 2 aromatic carbocycles. The second-order valence-electron chi connectivity index (χ2n) is 6.70. The molecule has 178 valence electrons. The first kappa shape index (κ1) is 23.6. The van der Waals surface area contributed by atoms with Gasteiger partial charge in [-0.25, -0.2) is 12.8 Å². The van der Waals surface area contributed by atoms with Crippen molar-refractivity contribution in [3.8, 4) is 11.4 Å². The minimum absolute atomic E-state index is 0.0397. The lowest BCUT2D eigenvalue weighted by molar-refractivity contribution is -0.0329. The molecule has 1 N–H and O–H groups in total. The van der Waals surface area contributed by atoms with Gasteiger partial charge in [0.05, 0.1) is 28.1 Å². The number of pyridine rings is 1. The molecule has 0 saturated carbocycles. The number of anilines is 1. The molecule has 0 radical (unpaired) electrons. The van der Waals surface area contributed by atoms with Crippen molar-refractivity contribution in [2.24, 2.45) is 0 Å². The summed E-state index contributed by atoms with van der Waals surface area (Å²) in [5.41, 5.74) is -5.36. The number of alkyl halides is 3. The Kier molecular flexibility index (Phi) is 6.03. The molecule has 2 heterocycles. The van der Waals surface area contributed by atoms with Gasteiger partial charge in [-0.05, 0) is 48.2 Å². The second kappa shape index (κ2) is 8.68. The van der Waals surface area contributed by atoms with Crippen molar-refractivity contribution >= 4 is 38.5 Å². The summed E-state index contributed by atoms with van der Waals surface area (Å²) in [5.74, 6) is -1.91. The van der Waals surface area contributed by atoms with Gasteiger partial charge in [-0.1, -0.05) is 5.16 Å². The standard InChI is InChI=1S/C20H13F4N3O5S2/c1-31-19-14(5-6-15(18(19)21)33-20(22,23)24)27-13-4-3-12(10-11(13)2-7-17(27)28)34(29,30)26-16-8-9-32-25-16/h2-10H,1H3,(H,25,26). The summed E-state index contributed by atoms with van der Waals surface area (Å²) >= 11 is -0.653. The van der Waals surface area contributed by atoms with Crippen LogP contribution in [0.1, 0.15) is 0 Å². The maximum atomic E-state index is 14.8. The molecule has 0 spiro atoms. The largest absolute Gasteiger partial charge is 0.492 e. The van der Waals surface area contributed by atoms with Crippen LogP contribution in [0.2, 0.25) is 0 Å². The minimum Gasteiger partial charge on any atom is -0.492 e. The Labute approximate surface area is 193 Å². The number of nitrogens with one attached hydrogen (secondary N) is 1. The zero-order valence-corrected chi connectivity index (χ0v) is 18.6. The van der Waals surface area contributed by atoms with Gasteiger partial charge < -0.3 is 9.26 Å². The van der Waals surface area contributed by atoms with Crippen LogP contribution in [0.3, 0.4) is 0 Å². The molecule has 4 aromatic rings. The predicted octanol–water partition coefficient (Wildman–Crippen LogP) is 4.54. The van der Waals surface area contributed by atoms with Crippen LogP contribution in [0.15, 0.2) is 73.9 Å². The van der Waals surface area contributed by atoms with Crippen LogP contribution in [-0.4, -0.2) is 30.8 Å². The number of hydrogen-bond donors (Lipinski definition) is 1. The van der Waals surface area contributed by atoms with Crippen molar-refractivity contribution in [2.75, 3.05) is 11.8 Å². The molecular weight excluding hydrogens is 502 g/mol. The van der Waals surface area contributed by atoms with Gasteiger partial charge in [0, 0.05) is 17.5 Å². The van der Waals surface area contributed by atoms with Crippen molar-refractivity contribution in [3.05, 3.63) is 71.0 Å². The van der Waals surface area contributed by atoms with Gasteiger partial charge in [-0.15, -0.1) is 0 Å². The van der Waals surface area contributed by atoms with Gasteiger partial charge in [0.25, 0.3) is 15.6 Å². The lowest BCUT2D eigenvalue weighted by atomic mass is 10.2. The number of benzene rings is 2. The van der Waals surface area contributed by atoms with Gasteiger partial charge in [0.15, 0.2) is 17.4 Å². The Balaban J connectivity index is 1.85. The summed E-state index contributed by atoms with van der Waals surface area (Å²) in [6.07, 6.45) is 1.18. The fraction of sp³-hybridized carbons (Fsp3) is 0.100. The summed E-state index contributed by atoms with van der Waals surface area (Å²) < 4.78 is 91.1. The van der Waals surface area contributed by atoms with Gasteiger partial charge >= 0.3 is 5.51 Å². The highest BCUT2D eigenvalue weighted by Gasteiger charge is 2.32. The highest BCUT2D eigenvalue weighted by Crippen LogP contribution is 2.42. The van der Waals surface area contributed by atoms with E-state index >= 15 is 0 Å². The first-order valence-corrected chi connectivity index (χ1v) is 11.5. The third-order valence-corrected chi connectivity index (χ3v) is 6.68. The first-order valence-electron chi connectivity index (χ1n) is 9.22. The van der Waals surface area contributed by atoms with E-state index in [2.05, 4.69) is 14.4 Å². The summed E-state index contributed by atoms with van der Waals surface area (Å²) in [6.45, 7) is 0. The smallest absolute Gasteiger partial charge is 0.446 e. The van der Waals surface area contributed by atoms with E-state index in [0.717, 1.165) is 29.9 Å². The Morgan fingerprint density at radius 1 is 1.12 bits per heavy atom. The number of rotatable bonds is 6. The van der Waals surface area contributed by atoms with Crippen LogP contribution in [0, 0.1) is 5.82 Å². The molecule has 0 amide bonds. The molecule has 0 atom stereocenters. The number of nitrogens with zero attached hydrogens (tertiary/aromatic N) is 2. The fourth-order valence-corrected chi connectivity index (χ4v) is 4.80. The second-order valence-corrected chi connectivity index (χ2v) is 9.48. The summed E-state index contributed by atoms with van der Waals surface area (Å²) in [5, 5.41) is 3.76. The number of ether oxygens (including phenoxy) is 1. The van der Waals surface area contributed by atoms with E-state index in [9.17, 15) is 30.8 Å². The molecular formula is C20H13F4N3O5S2. The van der Waals surface area contributed by atoms with Crippen molar-refractivity contribution < 1.29 is 35.2 Å². The maximum absolute atomic E-state index is 14.8. The van der Waals surface area contributed by atoms with Crippen LogP contribution in [0.5, 0.6) is 5.75 Å². The third-order valence-electron chi connectivity index (χ3n) is 4.56. The lowest BCUT2D eigenvalue weighted by Crippen LogP contribution is -2.19. The summed E-state index contributed by atoms with van der Waals surface area (Å²) in [4.78, 5) is 11.8. The molecule has 34 heavy (non-hydrogen) atoms. The highest BCUT2D eigenvalue weighted by molar-refractivity contribution is 8.00. The maximum Gasteiger partial charge on any atom is 0.446 e. The van der Waals surface area contributed by atoms with Crippen molar-refractivity contribution in [2.45, 2.75) is 15.3 Å². The molecule has 2 aromatic heterocycles. The Hall–Kier alpha value is -3.52. The van der Waals surface area contributed by atoms with Crippen LogP contribution >= 0.6 is 11.8 Å². The van der Waals surface area contributed by atoms with E-state index in [4.69, 9.17) is 4.74 Å². The van der Waals surface area contributed by atoms with Crippen LogP contribution in [0.25, 0.3) is 16.6 Å². The molecule has 0 saturated heterocycles. The Bertz CT molecular complexity index is 1530. The van der Waals surface area contributed by atoms with E-state index in [1.165, 1.54) is 36.6 Å². The first-order chi connectivity index (χ1) is 16.0. The molecule has 0 fully saturated rings. The van der Waals surface area contributed by atoms with Gasteiger partial charge in [-0.2, -0.15) is 13.2 Å². The number of aromatic nitrogens is 2. The Morgan fingerprint density at radius 3 is 2.53 bits per heavy atom. The average Bonchev–Trinajstić information content (AvgIpc) is 3.26. The number of sulfonamides is 1. The zero-order chi connectivity index (χ0) is 24.7. The third kappa shape index (κ3) is 4.59. The molecule has 0 aliphatic heterocycles. The number of hydrogen-bond acceptors (Lipinski definition) is 7. The molecule has 0 unspecified atom stereocenters. The molecule has 0 bridgehead atoms. The summed E-state index contributed by atoms with van der Waals surface area (Å²) in [7, 11) is -3.00. The Morgan fingerprint density at radius 2 is 1.88 bits per heavy atom. The van der Waals surface area contributed by atoms with Crippen LogP contribution in [0.4, 0.5) is 23.4 Å². The van der Waals surface area contributed by atoms with E-state index in [0.29, 0.717) is 0 Å². The van der Waals surface area contributed by atoms with Crippen molar-refractivity contribution in [1.29, 1.82) is 0 Å². The summed E-state index contributed by atoms with van der Waals surface area (Å²) in [6, 6.07) is 9.56. The fourth-order valence-electron chi connectivity index (χ4n) is 3.20. The average molecular weight is 515 g/mol. The van der Waals surface area contributed by atoms with E-state index in [1.54, 1.807) is 0 Å². The molecule has 0 aliphatic carbocycles. The number of fused-ring (bicyclic) bond motifs is 1. The quantitative estimate of drug-likeness (QED) is 0.297. The van der Waals surface area contributed by atoms with Crippen molar-refractivity contribution in [3.63, 3.8) is 0 Å². The zero-order valence-electron chi connectivity index (χ0n) is 17.0. The van der Waals surface area contributed by atoms with E-state index in [-0.39, 0.29) is 27.3 Å². The number of thioether (sulfide) groups is 1. The van der Waals surface area contributed by atoms with Gasteiger partial charge in [-0.3, -0.25) is 14.1 Å². The van der Waals surface area contributed by atoms with E-state index in [1.807, 2.05) is 0 Å². The van der Waals surface area contributed by atoms with Gasteiger partial charge in [0.1, 0.15) is 6.26 Å². The normalized spacial score (nSPS) is 12.1. The van der Waals surface area contributed by atoms with Crippen LogP contribution in [-0.2, 0) is 10.0 Å². The monoisotopic (exact) mass is 515 g/mol. The predicted molar refractivity (Wildman–Crippen MR) is 115 cm³/mol. The number of methoxy groups -OCH3 is 1. The SMILES string of the molecule is COc1c(-n2c(=O)ccc3cc(S(=O)(=O)Nc4ccon4)ccc32)ccc(SC(F)(F)F)c1F. The lowest BCUT2D eigenvalue weighted by Gasteiger charge is -2.17. The molecule has 0 aliphatic rings.